The maximum atomic E-state index is 5.29. The van der Waals surface area contributed by atoms with Gasteiger partial charge in [0.05, 0.1) is 18.0 Å². The van der Waals surface area contributed by atoms with Crippen LogP contribution in [0.4, 0.5) is 0 Å². The molecule has 2 nitrogen and oxygen atoms in total. The van der Waals surface area contributed by atoms with E-state index < -0.39 is 0 Å². The molecular weight excluding hydrogens is 366 g/mol. The summed E-state index contributed by atoms with van der Waals surface area (Å²) in [4.78, 5) is 0. The Balaban J connectivity index is 1.94. The van der Waals surface area contributed by atoms with Gasteiger partial charge in [0.15, 0.2) is 0 Å². The molecule has 0 aliphatic carbocycles. The first-order valence-corrected chi connectivity index (χ1v) is 10.8. The topological polar surface area (TPSA) is 14.2 Å². The molecule has 2 heteroatoms. The predicted octanol–water partition coefficient (Wildman–Crippen LogP) is 7.30. The highest BCUT2D eigenvalue weighted by Gasteiger charge is 2.19. The van der Waals surface area contributed by atoms with Gasteiger partial charge in [-0.3, -0.25) is 0 Å². The molecule has 30 heavy (non-hydrogen) atoms. The average Bonchev–Trinajstić information content (AvgIpc) is 3.19. The largest absolute Gasteiger partial charge is 0.380 e. The van der Waals surface area contributed by atoms with Gasteiger partial charge in [-0.25, -0.2) is 0 Å². The van der Waals surface area contributed by atoms with Crippen molar-refractivity contribution in [3.63, 3.8) is 0 Å². The van der Waals surface area contributed by atoms with Crippen molar-refractivity contribution in [1.82, 2.24) is 4.57 Å². The van der Waals surface area contributed by atoms with Gasteiger partial charge in [-0.2, -0.15) is 0 Å². The van der Waals surface area contributed by atoms with E-state index in [-0.39, 0.29) is 0 Å². The highest BCUT2D eigenvalue weighted by atomic mass is 16.5. The Morgan fingerprint density at radius 1 is 0.767 bits per heavy atom. The fraction of sp³-hybridized carbons (Fsp3) is 0.214. The first kappa shape index (κ1) is 20.2. The predicted molar refractivity (Wildman–Crippen MR) is 126 cm³/mol. The van der Waals surface area contributed by atoms with Gasteiger partial charge in [0, 0.05) is 12.8 Å². The van der Waals surface area contributed by atoms with Crippen molar-refractivity contribution in [1.29, 1.82) is 0 Å². The van der Waals surface area contributed by atoms with Crippen LogP contribution in [0.25, 0.3) is 28.2 Å². The molecule has 0 radical (unpaired) electrons. The lowest BCUT2D eigenvalue weighted by molar-refractivity contribution is 0.185. The van der Waals surface area contributed by atoms with Crippen LogP contribution in [0, 0.1) is 0 Å². The first-order chi connectivity index (χ1) is 14.8. The number of hydrogen-bond donors (Lipinski definition) is 0. The van der Waals surface area contributed by atoms with Crippen LogP contribution < -0.4 is 0 Å². The van der Waals surface area contributed by atoms with Crippen molar-refractivity contribution >= 4 is 0 Å². The number of ether oxygens (including phenoxy) is 1. The number of para-hydroxylation sites is 1. The van der Waals surface area contributed by atoms with Crippen molar-refractivity contribution < 1.29 is 4.74 Å². The lowest BCUT2D eigenvalue weighted by Crippen LogP contribution is -2.00. The van der Waals surface area contributed by atoms with Gasteiger partial charge >= 0.3 is 0 Å². The van der Waals surface area contributed by atoms with Crippen molar-refractivity contribution in [2.75, 3.05) is 7.11 Å². The minimum atomic E-state index is 0.636. The highest BCUT2D eigenvalue weighted by Crippen LogP contribution is 2.36. The minimum absolute atomic E-state index is 0.636. The summed E-state index contributed by atoms with van der Waals surface area (Å²) in [7, 11) is 1.74. The fourth-order valence-electron chi connectivity index (χ4n) is 4.03. The molecule has 152 valence electrons. The summed E-state index contributed by atoms with van der Waals surface area (Å²) >= 11 is 0. The summed E-state index contributed by atoms with van der Waals surface area (Å²) in [6, 6.07) is 32.6. The van der Waals surface area contributed by atoms with E-state index in [0.717, 1.165) is 6.42 Å². The second kappa shape index (κ2) is 9.60. The third-order valence-corrected chi connectivity index (χ3v) is 5.50. The smallest absolute Gasteiger partial charge is 0.0713 e. The summed E-state index contributed by atoms with van der Waals surface area (Å²) in [5.74, 6) is 0. The van der Waals surface area contributed by atoms with Crippen LogP contribution in [-0.2, 0) is 17.8 Å². The summed E-state index contributed by atoms with van der Waals surface area (Å²) in [5, 5.41) is 0. The zero-order chi connectivity index (χ0) is 20.8. The number of rotatable bonds is 8. The molecule has 0 unspecified atom stereocenters. The minimum Gasteiger partial charge on any atom is -0.380 e. The molecule has 4 rings (SSSR count). The fourth-order valence-corrected chi connectivity index (χ4v) is 4.03. The Morgan fingerprint density at radius 2 is 1.43 bits per heavy atom. The summed E-state index contributed by atoms with van der Waals surface area (Å²) in [6.45, 7) is 2.89. The maximum Gasteiger partial charge on any atom is 0.0713 e. The Labute approximate surface area is 179 Å². The van der Waals surface area contributed by atoms with Gasteiger partial charge in [-0.05, 0) is 53.3 Å². The van der Waals surface area contributed by atoms with E-state index in [4.69, 9.17) is 4.74 Å². The highest BCUT2D eigenvalue weighted by molar-refractivity contribution is 5.76. The quantitative estimate of drug-likeness (QED) is 0.305. The van der Waals surface area contributed by atoms with Gasteiger partial charge in [0.25, 0.3) is 0 Å². The Bertz CT molecular complexity index is 1060. The van der Waals surface area contributed by atoms with Crippen molar-refractivity contribution in [3.8, 4) is 28.2 Å². The number of hydrogen-bond acceptors (Lipinski definition) is 1. The summed E-state index contributed by atoms with van der Waals surface area (Å²) in [6.07, 6.45) is 3.45. The van der Waals surface area contributed by atoms with E-state index in [9.17, 15) is 0 Å². The van der Waals surface area contributed by atoms with Crippen LogP contribution in [0.15, 0.2) is 91.0 Å². The first-order valence-electron chi connectivity index (χ1n) is 10.8. The summed E-state index contributed by atoms with van der Waals surface area (Å²) in [5.41, 5.74) is 8.79. The molecule has 0 aliphatic heterocycles. The normalized spacial score (nSPS) is 11.0. The van der Waals surface area contributed by atoms with Crippen LogP contribution in [0.1, 0.15) is 30.9 Å². The molecule has 3 aromatic carbocycles. The van der Waals surface area contributed by atoms with Crippen LogP contribution in [-0.4, -0.2) is 11.7 Å². The second-order valence-corrected chi connectivity index (χ2v) is 7.67. The molecule has 1 heterocycles. The van der Waals surface area contributed by atoms with Crippen LogP contribution in [0.2, 0.25) is 0 Å². The number of methoxy groups -OCH3 is 1. The molecule has 0 fully saturated rings. The number of benzene rings is 3. The van der Waals surface area contributed by atoms with Crippen molar-refractivity contribution in [2.24, 2.45) is 0 Å². The van der Waals surface area contributed by atoms with E-state index >= 15 is 0 Å². The SMILES string of the molecule is CCCCc1cc(-c2ccc(COC)cc2)n(-c2ccccc2)c1-c1ccccc1. The van der Waals surface area contributed by atoms with Crippen molar-refractivity contribution in [3.05, 3.63) is 102 Å². The van der Waals surface area contributed by atoms with Gasteiger partial charge in [0.1, 0.15) is 0 Å². The molecule has 0 bridgehead atoms. The van der Waals surface area contributed by atoms with Gasteiger partial charge in [0.2, 0.25) is 0 Å². The molecule has 1 aromatic heterocycles. The van der Waals surface area contributed by atoms with Crippen LogP contribution in [0.5, 0.6) is 0 Å². The number of nitrogens with zero attached hydrogens (tertiary/aromatic N) is 1. The molecule has 0 spiro atoms. The number of unbranched alkanes of at least 4 members (excludes halogenated alkanes) is 1. The van der Waals surface area contributed by atoms with E-state index in [1.54, 1.807) is 7.11 Å². The standard InChI is InChI=1S/C28H29NO/c1-3-4-11-25-20-27(23-18-16-22(17-19-23)21-30-2)29(26-14-9-6-10-15-26)28(25)24-12-7-5-8-13-24/h5-10,12-20H,3-4,11,21H2,1-2H3. The van der Waals surface area contributed by atoms with E-state index in [0.29, 0.717) is 6.61 Å². The molecule has 0 N–H and O–H groups in total. The Morgan fingerprint density at radius 3 is 2.07 bits per heavy atom. The van der Waals surface area contributed by atoms with E-state index in [2.05, 4.69) is 102 Å². The Kier molecular flexibility index (Phi) is 6.46. The van der Waals surface area contributed by atoms with Gasteiger partial charge in [-0.1, -0.05) is 86.1 Å². The molecular formula is C28H29NO. The van der Waals surface area contributed by atoms with Crippen LogP contribution in [0.3, 0.4) is 0 Å². The van der Waals surface area contributed by atoms with E-state index in [1.807, 2.05) is 0 Å². The number of aromatic nitrogens is 1. The average molecular weight is 396 g/mol. The molecule has 0 saturated carbocycles. The molecule has 0 aliphatic rings. The van der Waals surface area contributed by atoms with Gasteiger partial charge < -0.3 is 9.30 Å². The number of aryl methyl sites for hydroxylation is 1. The van der Waals surface area contributed by atoms with E-state index in [1.165, 1.54) is 52.2 Å². The zero-order valence-electron chi connectivity index (χ0n) is 17.8. The second-order valence-electron chi connectivity index (χ2n) is 7.67. The lowest BCUT2D eigenvalue weighted by Gasteiger charge is -2.16. The van der Waals surface area contributed by atoms with Crippen LogP contribution >= 0.6 is 0 Å². The third kappa shape index (κ3) is 4.24. The Hall–Kier alpha value is -3.10. The van der Waals surface area contributed by atoms with Gasteiger partial charge in [-0.15, -0.1) is 0 Å². The maximum absolute atomic E-state index is 5.29. The van der Waals surface area contributed by atoms with Crippen molar-refractivity contribution in [2.45, 2.75) is 32.8 Å². The summed E-state index contributed by atoms with van der Waals surface area (Å²) < 4.78 is 7.71. The zero-order valence-corrected chi connectivity index (χ0v) is 17.8. The monoisotopic (exact) mass is 395 g/mol. The molecule has 0 saturated heterocycles. The third-order valence-electron chi connectivity index (χ3n) is 5.50. The molecule has 4 aromatic rings. The molecule has 0 amide bonds. The lowest BCUT2D eigenvalue weighted by atomic mass is 10.0. The molecule has 0 atom stereocenters.